The summed E-state index contributed by atoms with van der Waals surface area (Å²) in [7, 11) is 0. The molecule has 0 N–H and O–H groups in total. The zero-order valence-electron chi connectivity index (χ0n) is 18.1. The average Bonchev–Trinajstić information content (AvgIpc) is 3.21. The fourth-order valence-electron chi connectivity index (χ4n) is 4.18. The van der Waals surface area contributed by atoms with Crippen molar-refractivity contribution in [2.45, 2.75) is 51.0 Å². The molecule has 2 aliphatic rings. The lowest BCUT2D eigenvalue weighted by atomic mass is 10.1. The molecule has 3 aromatic rings. The van der Waals surface area contributed by atoms with E-state index in [1.54, 1.807) is 6.20 Å². The SMILES string of the molecule is Clc1ccc(Cc2nccc(OC3CCN(Cc4nccn4C[C@@H]4CCO4)CC3)n2)cc1. The van der Waals surface area contributed by atoms with E-state index in [-0.39, 0.29) is 6.10 Å². The predicted octanol–water partition coefficient (Wildman–Crippen LogP) is 3.75. The molecule has 0 bridgehead atoms. The molecular formula is C24H28ClN5O2. The zero-order valence-corrected chi connectivity index (χ0v) is 18.8. The Bertz CT molecular complexity index is 1010. The first-order chi connectivity index (χ1) is 15.7. The topological polar surface area (TPSA) is 65.3 Å². The van der Waals surface area contributed by atoms with Gasteiger partial charge in [-0.25, -0.2) is 9.97 Å². The Balaban J connectivity index is 1.11. The van der Waals surface area contributed by atoms with Crippen molar-refractivity contribution in [3.63, 3.8) is 0 Å². The Morgan fingerprint density at radius 3 is 2.59 bits per heavy atom. The number of benzene rings is 1. The van der Waals surface area contributed by atoms with Crippen LogP contribution in [0, 0.1) is 0 Å². The van der Waals surface area contributed by atoms with Crippen LogP contribution in [0.4, 0.5) is 0 Å². The number of halogens is 1. The van der Waals surface area contributed by atoms with Gasteiger partial charge < -0.3 is 14.0 Å². The first kappa shape index (κ1) is 21.4. The highest BCUT2D eigenvalue weighted by atomic mass is 35.5. The van der Waals surface area contributed by atoms with E-state index in [1.807, 2.05) is 36.5 Å². The highest BCUT2D eigenvalue weighted by Gasteiger charge is 2.24. The first-order valence-corrected chi connectivity index (χ1v) is 11.7. The van der Waals surface area contributed by atoms with Gasteiger partial charge in [0.2, 0.25) is 5.88 Å². The number of piperidine rings is 1. The van der Waals surface area contributed by atoms with Crippen LogP contribution in [0.25, 0.3) is 0 Å². The van der Waals surface area contributed by atoms with Gasteiger partial charge in [0.25, 0.3) is 0 Å². The second-order valence-corrected chi connectivity index (χ2v) is 8.92. The Morgan fingerprint density at radius 1 is 1.03 bits per heavy atom. The van der Waals surface area contributed by atoms with Gasteiger partial charge in [0.05, 0.1) is 19.2 Å². The smallest absolute Gasteiger partial charge is 0.216 e. The van der Waals surface area contributed by atoms with E-state index >= 15 is 0 Å². The lowest BCUT2D eigenvalue weighted by Crippen LogP contribution is -2.39. The normalized spacial score (nSPS) is 19.6. The number of hydrogen-bond donors (Lipinski definition) is 0. The van der Waals surface area contributed by atoms with Gasteiger partial charge in [0.1, 0.15) is 17.8 Å². The van der Waals surface area contributed by atoms with E-state index in [0.29, 0.717) is 18.4 Å². The van der Waals surface area contributed by atoms with Crippen LogP contribution in [0.1, 0.15) is 36.5 Å². The maximum atomic E-state index is 6.20. The molecule has 7 nitrogen and oxygen atoms in total. The van der Waals surface area contributed by atoms with Gasteiger partial charge in [-0.05, 0) is 37.0 Å². The Hall–Kier alpha value is -2.48. The summed E-state index contributed by atoms with van der Waals surface area (Å²) in [5, 5.41) is 0.731. The molecule has 1 aromatic carbocycles. The third-order valence-corrected chi connectivity index (χ3v) is 6.39. The van der Waals surface area contributed by atoms with E-state index in [9.17, 15) is 0 Å². The second-order valence-electron chi connectivity index (χ2n) is 8.49. The molecule has 4 heterocycles. The molecule has 2 aromatic heterocycles. The van der Waals surface area contributed by atoms with Crippen LogP contribution in [-0.2, 0) is 24.2 Å². The van der Waals surface area contributed by atoms with Crippen LogP contribution in [0.15, 0.2) is 48.9 Å². The van der Waals surface area contributed by atoms with Crippen LogP contribution in [0.3, 0.4) is 0 Å². The van der Waals surface area contributed by atoms with Crippen LogP contribution >= 0.6 is 11.6 Å². The van der Waals surface area contributed by atoms with Crippen molar-refractivity contribution >= 4 is 11.6 Å². The van der Waals surface area contributed by atoms with Crippen molar-refractivity contribution < 1.29 is 9.47 Å². The van der Waals surface area contributed by atoms with Crippen molar-refractivity contribution in [1.29, 1.82) is 0 Å². The Labute approximate surface area is 193 Å². The maximum Gasteiger partial charge on any atom is 0.216 e. The van der Waals surface area contributed by atoms with E-state index < -0.39 is 0 Å². The van der Waals surface area contributed by atoms with Crippen LogP contribution in [0.2, 0.25) is 5.02 Å². The summed E-state index contributed by atoms with van der Waals surface area (Å²) >= 11 is 5.97. The standard InChI is InChI=1S/C24H28ClN5O2/c25-19-3-1-18(2-4-19)15-22-26-9-5-24(28-22)32-20-6-11-29(12-7-20)17-23-27-10-13-30(23)16-21-8-14-31-21/h1-5,9-10,13,20-21H,6-8,11-12,14-17H2/t21-/m0/s1. The van der Waals surface area contributed by atoms with Gasteiger partial charge in [-0.3, -0.25) is 4.90 Å². The third kappa shape index (κ3) is 5.46. The minimum atomic E-state index is 0.174. The highest BCUT2D eigenvalue weighted by molar-refractivity contribution is 6.30. The first-order valence-electron chi connectivity index (χ1n) is 11.3. The third-order valence-electron chi connectivity index (χ3n) is 6.14. The molecule has 2 saturated heterocycles. The monoisotopic (exact) mass is 453 g/mol. The number of aromatic nitrogens is 4. The maximum absolute atomic E-state index is 6.20. The van der Waals surface area contributed by atoms with E-state index in [4.69, 9.17) is 21.1 Å². The molecule has 32 heavy (non-hydrogen) atoms. The molecule has 1 atom stereocenters. The molecule has 0 radical (unpaired) electrons. The Morgan fingerprint density at radius 2 is 1.84 bits per heavy atom. The summed E-state index contributed by atoms with van der Waals surface area (Å²) in [4.78, 5) is 16.0. The highest BCUT2D eigenvalue weighted by Crippen LogP contribution is 2.20. The molecule has 0 aliphatic carbocycles. The minimum absolute atomic E-state index is 0.174. The lowest BCUT2D eigenvalue weighted by molar-refractivity contribution is -0.0598. The molecule has 2 fully saturated rings. The van der Waals surface area contributed by atoms with Crippen LogP contribution in [0.5, 0.6) is 5.88 Å². The van der Waals surface area contributed by atoms with Gasteiger partial charge in [0, 0.05) is 55.8 Å². The fraction of sp³-hybridized carbons (Fsp3) is 0.458. The van der Waals surface area contributed by atoms with Gasteiger partial charge in [-0.2, -0.15) is 4.98 Å². The number of likely N-dealkylation sites (tertiary alicyclic amines) is 1. The molecule has 0 amide bonds. The summed E-state index contributed by atoms with van der Waals surface area (Å²) < 4.78 is 14.0. The Kier molecular flexibility index (Phi) is 6.67. The number of ether oxygens (including phenoxy) is 2. The van der Waals surface area contributed by atoms with Crippen LogP contribution in [-0.4, -0.2) is 56.3 Å². The molecule has 0 saturated carbocycles. The largest absolute Gasteiger partial charge is 0.474 e. The van der Waals surface area contributed by atoms with E-state index in [1.165, 1.54) is 0 Å². The van der Waals surface area contributed by atoms with Crippen molar-refractivity contribution in [2.75, 3.05) is 19.7 Å². The average molecular weight is 454 g/mol. The van der Waals surface area contributed by atoms with E-state index in [2.05, 4.69) is 30.6 Å². The molecular weight excluding hydrogens is 426 g/mol. The van der Waals surface area contributed by atoms with Crippen molar-refractivity contribution in [2.24, 2.45) is 0 Å². The predicted molar refractivity (Wildman–Crippen MR) is 122 cm³/mol. The minimum Gasteiger partial charge on any atom is -0.474 e. The van der Waals surface area contributed by atoms with Gasteiger partial charge >= 0.3 is 0 Å². The summed E-state index contributed by atoms with van der Waals surface area (Å²) in [5.41, 5.74) is 1.13. The molecule has 2 aliphatic heterocycles. The summed E-state index contributed by atoms with van der Waals surface area (Å²) in [6.45, 7) is 4.63. The zero-order chi connectivity index (χ0) is 21.8. The number of rotatable bonds is 8. The second kappa shape index (κ2) is 9.98. The molecule has 0 unspecified atom stereocenters. The lowest BCUT2D eigenvalue weighted by Gasteiger charge is -2.32. The van der Waals surface area contributed by atoms with Gasteiger partial charge in [-0.15, -0.1) is 0 Å². The van der Waals surface area contributed by atoms with Crippen molar-refractivity contribution in [1.82, 2.24) is 24.4 Å². The van der Waals surface area contributed by atoms with Crippen LogP contribution < -0.4 is 4.74 Å². The number of imidazole rings is 1. The molecule has 168 valence electrons. The van der Waals surface area contributed by atoms with Gasteiger partial charge in [-0.1, -0.05) is 23.7 Å². The number of hydrogen-bond acceptors (Lipinski definition) is 6. The molecule has 0 spiro atoms. The van der Waals surface area contributed by atoms with Gasteiger partial charge in [0.15, 0.2) is 0 Å². The fourth-order valence-corrected chi connectivity index (χ4v) is 4.30. The molecule has 8 heteroatoms. The quantitative estimate of drug-likeness (QED) is 0.517. The summed E-state index contributed by atoms with van der Waals surface area (Å²) in [6, 6.07) is 9.62. The summed E-state index contributed by atoms with van der Waals surface area (Å²) in [5.74, 6) is 2.52. The number of nitrogens with zero attached hydrogens (tertiary/aromatic N) is 5. The van der Waals surface area contributed by atoms with Crippen molar-refractivity contribution in [3.05, 3.63) is 71.2 Å². The van der Waals surface area contributed by atoms with Crippen molar-refractivity contribution in [3.8, 4) is 5.88 Å². The van der Waals surface area contributed by atoms with E-state index in [0.717, 1.165) is 74.3 Å². The molecule has 5 rings (SSSR count). The summed E-state index contributed by atoms with van der Waals surface area (Å²) in [6.07, 6.45) is 9.99.